The Morgan fingerprint density at radius 1 is 1.43 bits per heavy atom. The van der Waals surface area contributed by atoms with E-state index >= 15 is 0 Å². The first-order valence-electron chi connectivity index (χ1n) is 5.36. The standard InChI is InChI=1S/C11H19N3/c1-9(2)11-6-10(7-13(11)3)14-5-4-12-8-14/h4-5,8-11H,6-7H2,1-3H3/t10-,11?/m0/s1. The highest BCUT2D eigenvalue weighted by atomic mass is 15.2. The molecule has 0 N–H and O–H groups in total. The molecule has 0 saturated carbocycles. The van der Waals surface area contributed by atoms with Crippen molar-refractivity contribution in [3.05, 3.63) is 18.7 Å². The van der Waals surface area contributed by atoms with Crippen LogP contribution in [-0.2, 0) is 0 Å². The van der Waals surface area contributed by atoms with Crippen molar-refractivity contribution in [1.29, 1.82) is 0 Å². The number of likely N-dealkylation sites (N-methyl/N-ethyl adjacent to an activating group) is 1. The van der Waals surface area contributed by atoms with Crippen molar-refractivity contribution in [3.63, 3.8) is 0 Å². The van der Waals surface area contributed by atoms with Crippen molar-refractivity contribution in [2.75, 3.05) is 13.6 Å². The van der Waals surface area contributed by atoms with E-state index in [0.29, 0.717) is 6.04 Å². The lowest BCUT2D eigenvalue weighted by Gasteiger charge is -2.22. The summed E-state index contributed by atoms with van der Waals surface area (Å²) in [4.78, 5) is 6.57. The highest BCUT2D eigenvalue weighted by Crippen LogP contribution is 2.29. The minimum absolute atomic E-state index is 0.620. The summed E-state index contributed by atoms with van der Waals surface area (Å²) in [6.45, 7) is 5.76. The first kappa shape index (κ1) is 9.71. The third-order valence-corrected chi connectivity index (χ3v) is 3.29. The third kappa shape index (κ3) is 1.69. The van der Waals surface area contributed by atoms with Gasteiger partial charge in [0, 0.05) is 31.0 Å². The monoisotopic (exact) mass is 193 g/mol. The summed E-state index contributed by atoms with van der Waals surface area (Å²) in [6.07, 6.45) is 7.12. The van der Waals surface area contributed by atoms with E-state index in [9.17, 15) is 0 Å². The molecule has 0 amide bonds. The molecule has 0 aliphatic carbocycles. The highest BCUT2D eigenvalue weighted by molar-refractivity contribution is 4.91. The van der Waals surface area contributed by atoms with Crippen molar-refractivity contribution in [1.82, 2.24) is 14.5 Å². The van der Waals surface area contributed by atoms with Gasteiger partial charge in [-0.2, -0.15) is 0 Å². The third-order valence-electron chi connectivity index (χ3n) is 3.29. The van der Waals surface area contributed by atoms with Gasteiger partial charge in [0.15, 0.2) is 0 Å². The molecule has 14 heavy (non-hydrogen) atoms. The second-order valence-electron chi connectivity index (χ2n) is 4.65. The quantitative estimate of drug-likeness (QED) is 0.714. The molecule has 1 unspecified atom stereocenters. The number of imidazole rings is 1. The van der Waals surface area contributed by atoms with Gasteiger partial charge in [-0.15, -0.1) is 0 Å². The fraction of sp³-hybridized carbons (Fsp3) is 0.727. The summed E-state index contributed by atoms with van der Waals surface area (Å²) in [5.41, 5.74) is 0. The molecule has 0 spiro atoms. The Labute approximate surface area is 85.7 Å². The zero-order chi connectivity index (χ0) is 10.1. The number of aromatic nitrogens is 2. The zero-order valence-corrected chi connectivity index (χ0v) is 9.22. The minimum atomic E-state index is 0.620. The van der Waals surface area contributed by atoms with E-state index in [4.69, 9.17) is 0 Å². The van der Waals surface area contributed by atoms with E-state index < -0.39 is 0 Å². The van der Waals surface area contributed by atoms with Crippen molar-refractivity contribution < 1.29 is 0 Å². The topological polar surface area (TPSA) is 21.1 Å². The van der Waals surface area contributed by atoms with E-state index in [0.717, 1.165) is 18.5 Å². The lowest BCUT2D eigenvalue weighted by Crippen LogP contribution is -2.29. The van der Waals surface area contributed by atoms with Crippen LogP contribution in [0.1, 0.15) is 26.3 Å². The number of likely N-dealkylation sites (tertiary alicyclic amines) is 1. The van der Waals surface area contributed by atoms with Gasteiger partial charge < -0.3 is 9.47 Å². The van der Waals surface area contributed by atoms with Gasteiger partial charge in [0.2, 0.25) is 0 Å². The van der Waals surface area contributed by atoms with Crippen LogP contribution in [0.15, 0.2) is 18.7 Å². The van der Waals surface area contributed by atoms with Crippen LogP contribution in [0.4, 0.5) is 0 Å². The summed E-state index contributed by atoms with van der Waals surface area (Å²) in [7, 11) is 2.22. The smallest absolute Gasteiger partial charge is 0.0948 e. The Morgan fingerprint density at radius 2 is 2.21 bits per heavy atom. The Morgan fingerprint density at radius 3 is 2.71 bits per heavy atom. The molecular formula is C11H19N3. The number of hydrogen-bond donors (Lipinski definition) is 0. The molecule has 1 saturated heterocycles. The molecular weight excluding hydrogens is 174 g/mol. The van der Waals surface area contributed by atoms with Gasteiger partial charge in [-0.25, -0.2) is 4.98 Å². The zero-order valence-electron chi connectivity index (χ0n) is 9.22. The maximum absolute atomic E-state index is 4.11. The Kier molecular flexibility index (Phi) is 2.59. The van der Waals surface area contributed by atoms with E-state index in [1.54, 1.807) is 0 Å². The molecule has 78 valence electrons. The molecule has 1 aliphatic heterocycles. The molecule has 2 atom stereocenters. The molecule has 3 heteroatoms. The molecule has 1 aromatic rings. The van der Waals surface area contributed by atoms with Crippen LogP contribution < -0.4 is 0 Å². The average molecular weight is 193 g/mol. The predicted molar refractivity (Wildman–Crippen MR) is 57.1 cm³/mol. The second kappa shape index (κ2) is 3.73. The molecule has 3 nitrogen and oxygen atoms in total. The van der Waals surface area contributed by atoms with Gasteiger partial charge in [-0.05, 0) is 19.4 Å². The van der Waals surface area contributed by atoms with Crippen LogP contribution in [0.5, 0.6) is 0 Å². The molecule has 1 aliphatic rings. The largest absolute Gasteiger partial charge is 0.333 e. The van der Waals surface area contributed by atoms with Crippen LogP contribution in [0, 0.1) is 5.92 Å². The summed E-state index contributed by atoms with van der Waals surface area (Å²) in [5.74, 6) is 0.744. The van der Waals surface area contributed by atoms with Crippen LogP contribution in [0.25, 0.3) is 0 Å². The minimum Gasteiger partial charge on any atom is -0.333 e. The molecule has 1 aromatic heterocycles. The lowest BCUT2D eigenvalue weighted by atomic mass is 10.0. The van der Waals surface area contributed by atoms with Crippen molar-refractivity contribution in [2.24, 2.45) is 5.92 Å². The van der Waals surface area contributed by atoms with Gasteiger partial charge in [0.25, 0.3) is 0 Å². The summed E-state index contributed by atoms with van der Waals surface area (Å²) >= 11 is 0. The number of nitrogens with zero attached hydrogens (tertiary/aromatic N) is 3. The van der Waals surface area contributed by atoms with Gasteiger partial charge in [-0.3, -0.25) is 0 Å². The average Bonchev–Trinajstić information content (AvgIpc) is 2.70. The van der Waals surface area contributed by atoms with Crippen LogP contribution in [0.3, 0.4) is 0 Å². The first-order chi connectivity index (χ1) is 6.68. The Balaban J connectivity index is 2.06. The van der Waals surface area contributed by atoms with Gasteiger partial charge >= 0.3 is 0 Å². The molecule has 0 aromatic carbocycles. The van der Waals surface area contributed by atoms with E-state index in [-0.39, 0.29) is 0 Å². The molecule has 0 bridgehead atoms. The highest BCUT2D eigenvalue weighted by Gasteiger charge is 2.31. The fourth-order valence-corrected chi connectivity index (χ4v) is 2.48. The second-order valence-corrected chi connectivity index (χ2v) is 4.65. The summed E-state index contributed by atoms with van der Waals surface area (Å²) in [5, 5.41) is 0. The van der Waals surface area contributed by atoms with E-state index in [1.807, 2.05) is 12.5 Å². The molecule has 0 radical (unpaired) electrons. The van der Waals surface area contributed by atoms with Crippen molar-refractivity contribution in [3.8, 4) is 0 Å². The van der Waals surface area contributed by atoms with Crippen LogP contribution >= 0.6 is 0 Å². The van der Waals surface area contributed by atoms with Crippen molar-refractivity contribution in [2.45, 2.75) is 32.4 Å². The van der Waals surface area contributed by atoms with Crippen molar-refractivity contribution >= 4 is 0 Å². The van der Waals surface area contributed by atoms with Crippen LogP contribution in [0.2, 0.25) is 0 Å². The van der Waals surface area contributed by atoms with Crippen LogP contribution in [-0.4, -0.2) is 34.1 Å². The molecule has 2 rings (SSSR count). The lowest BCUT2D eigenvalue weighted by molar-refractivity contribution is 0.249. The van der Waals surface area contributed by atoms with E-state index in [2.05, 4.69) is 41.5 Å². The van der Waals surface area contributed by atoms with E-state index in [1.165, 1.54) is 6.42 Å². The van der Waals surface area contributed by atoms with Gasteiger partial charge in [0.1, 0.15) is 0 Å². The predicted octanol–water partition coefficient (Wildman–Crippen LogP) is 1.78. The maximum atomic E-state index is 4.11. The SMILES string of the molecule is CC(C)C1C[C@H](n2ccnc2)CN1C. The van der Waals surface area contributed by atoms with Gasteiger partial charge in [-0.1, -0.05) is 13.8 Å². The number of rotatable bonds is 2. The number of hydrogen-bond acceptors (Lipinski definition) is 2. The maximum Gasteiger partial charge on any atom is 0.0948 e. The fourth-order valence-electron chi connectivity index (χ4n) is 2.48. The Hall–Kier alpha value is -0.830. The summed E-state index contributed by atoms with van der Waals surface area (Å²) in [6, 6.07) is 1.34. The first-order valence-corrected chi connectivity index (χ1v) is 5.36. The molecule has 1 fully saturated rings. The molecule has 2 heterocycles. The summed E-state index contributed by atoms with van der Waals surface area (Å²) < 4.78 is 2.24. The Bertz CT molecular complexity index is 279. The normalized spacial score (nSPS) is 28.9. The van der Waals surface area contributed by atoms with Gasteiger partial charge in [0.05, 0.1) is 6.33 Å².